The summed E-state index contributed by atoms with van der Waals surface area (Å²) >= 11 is 0. The van der Waals surface area contributed by atoms with Crippen molar-refractivity contribution in [3.63, 3.8) is 0 Å². The molecule has 31 heavy (non-hydrogen) atoms. The number of likely N-dealkylation sites (tertiary alicyclic amines) is 1. The lowest BCUT2D eigenvalue weighted by Gasteiger charge is -2.33. The minimum absolute atomic E-state index is 0.0266. The summed E-state index contributed by atoms with van der Waals surface area (Å²) in [5.74, 6) is 0.468. The van der Waals surface area contributed by atoms with Gasteiger partial charge in [0.05, 0.1) is 12.8 Å². The standard InChI is InChI=1S/C23H29FN4O3/c1-27-18(8-9-21(29)25-14-19-3-2-12-31-19)13-26-23(30)22-20(27)10-11-28(22)15-16-4-6-17(24)7-5-16/h2-7,12,18,20,22H,8-11,13-15H2,1H3,(H,25,29)(H,26,30)/t18-,20-,22-/m0/s1. The molecule has 1 aromatic carbocycles. The van der Waals surface area contributed by atoms with Crippen LogP contribution >= 0.6 is 0 Å². The van der Waals surface area contributed by atoms with Crippen molar-refractivity contribution in [2.45, 2.75) is 50.5 Å². The lowest BCUT2D eigenvalue weighted by atomic mass is 10.0. The maximum absolute atomic E-state index is 13.2. The van der Waals surface area contributed by atoms with E-state index in [4.69, 9.17) is 4.42 Å². The van der Waals surface area contributed by atoms with Crippen molar-refractivity contribution in [2.24, 2.45) is 0 Å². The third-order valence-corrected chi connectivity index (χ3v) is 6.39. The number of likely N-dealkylation sites (N-methyl/N-ethyl adjacent to an activating group) is 1. The van der Waals surface area contributed by atoms with Crippen LogP contribution in [0.1, 0.15) is 30.6 Å². The summed E-state index contributed by atoms with van der Waals surface area (Å²) in [6.45, 7) is 2.33. The van der Waals surface area contributed by atoms with Crippen molar-refractivity contribution in [1.29, 1.82) is 0 Å². The fourth-order valence-corrected chi connectivity index (χ4v) is 4.64. The number of nitrogens with one attached hydrogen (secondary N) is 2. The van der Waals surface area contributed by atoms with E-state index in [1.165, 1.54) is 12.1 Å². The highest BCUT2D eigenvalue weighted by Gasteiger charge is 2.44. The zero-order valence-electron chi connectivity index (χ0n) is 17.7. The van der Waals surface area contributed by atoms with Gasteiger partial charge in [0, 0.05) is 38.1 Å². The zero-order valence-corrected chi connectivity index (χ0v) is 17.7. The molecule has 0 spiro atoms. The van der Waals surface area contributed by atoms with Gasteiger partial charge in [-0.15, -0.1) is 0 Å². The van der Waals surface area contributed by atoms with Crippen LogP contribution in [0.15, 0.2) is 47.1 Å². The molecule has 0 aliphatic carbocycles. The minimum atomic E-state index is -0.258. The summed E-state index contributed by atoms with van der Waals surface area (Å²) in [7, 11) is 2.05. The molecule has 2 aliphatic rings. The fourth-order valence-electron chi connectivity index (χ4n) is 4.64. The van der Waals surface area contributed by atoms with Gasteiger partial charge < -0.3 is 15.1 Å². The third kappa shape index (κ3) is 5.14. The van der Waals surface area contributed by atoms with Gasteiger partial charge in [-0.25, -0.2) is 4.39 Å². The van der Waals surface area contributed by atoms with Gasteiger partial charge in [0.2, 0.25) is 11.8 Å². The summed E-state index contributed by atoms with van der Waals surface area (Å²) in [6.07, 6.45) is 3.53. The molecule has 3 atom stereocenters. The largest absolute Gasteiger partial charge is 0.467 e. The zero-order chi connectivity index (χ0) is 21.8. The van der Waals surface area contributed by atoms with Gasteiger partial charge in [-0.1, -0.05) is 12.1 Å². The molecule has 2 aliphatic heterocycles. The van der Waals surface area contributed by atoms with Crippen molar-refractivity contribution in [3.8, 4) is 0 Å². The summed E-state index contributed by atoms with van der Waals surface area (Å²) in [4.78, 5) is 29.6. The highest BCUT2D eigenvalue weighted by atomic mass is 19.1. The molecule has 1 aromatic heterocycles. The third-order valence-electron chi connectivity index (χ3n) is 6.39. The number of hydrogen-bond acceptors (Lipinski definition) is 5. The minimum Gasteiger partial charge on any atom is -0.467 e. The van der Waals surface area contributed by atoms with Crippen LogP contribution < -0.4 is 10.6 Å². The van der Waals surface area contributed by atoms with Crippen LogP contribution in [0.4, 0.5) is 4.39 Å². The number of benzene rings is 1. The smallest absolute Gasteiger partial charge is 0.239 e. The van der Waals surface area contributed by atoms with E-state index in [2.05, 4.69) is 20.4 Å². The number of hydrogen-bond donors (Lipinski definition) is 2. The number of carbonyl (C=O) groups excluding carboxylic acids is 2. The van der Waals surface area contributed by atoms with Crippen LogP contribution in [0.5, 0.6) is 0 Å². The maximum atomic E-state index is 13.2. The Bertz CT molecular complexity index is 887. The van der Waals surface area contributed by atoms with E-state index in [-0.39, 0.29) is 35.8 Å². The quantitative estimate of drug-likeness (QED) is 0.704. The van der Waals surface area contributed by atoms with Gasteiger partial charge in [0.25, 0.3) is 0 Å². The van der Waals surface area contributed by atoms with Gasteiger partial charge >= 0.3 is 0 Å². The molecule has 166 valence electrons. The van der Waals surface area contributed by atoms with Crippen LogP contribution in [-0.4, -0.2) is 59.9 Å². The average molecular weight is 429 g/mol. The molecule has 0 unspecified atom stereocenters. The van der Waals surface area contributed by atoms with Crippen LogP contribution in [0.25, 0.3) is 0 Å². The van der Waals surface area contributed by atoms with E-state index >= 15 is 0 Å². The fraction of sp³-hybridized carbons (Fsp3) is 0.478. The molecule has 8 heteroatoms. The molecular formula is C23H29FN4O3. The number of furan rings is 1. The monoisotopic (exact) mass is 428 g/mol. The molecule has 0 saturated carbocycles. The first kappa shape index (κ1) is 21.5. The van der Waals surface area contributed by atoms with Crippen molar-refractivity contribution in [2.75, 3.05) is 20.1 Å². The Morgan fingerprint density at radius 3 is 2.84 bits per heavy atom. The number of amides is 2. The van der Waals surface area contributed by atoms with Crippen molar-refractivity contribution in [1.82, 2.24) is 20.4 Å². The number of nitrogens with zero attached hydrogens (tertiary/aromatic N) is 2. The molecular weight excluding hydrogens is 399 g/mol. The first-order chi connectivity index (χ1) is 15.0. The molecule has 2 aromatic rings. The van der Waals surface area contributed by atoms with E-state index in [0.29, 0.717) is 32.5 Å². The number of halogens is 1. The van der Waals surface area contributed by atoms with Crippen molar-refractivity contribution >= 4 is 11.8 Å². The van der Waals surface area contributed by atoms with E-state index in [1.807, 2.05) is 13.1 Å². The molecule has 3 heterocycles. The topological polar surface area (TPSA) is 77.8 Å². The van der Waals surface area contributed by atoms with E-state index < -0.39 is 0 Å². The lowest BCUT2D eigenvalue weighted by molar-refractivity contribution is -0.126. The Labute approximate surface area is 181 Å². The van der Waals surface area contributed by atoms with Gasteiger partial charge in [-0.05, 0) is 49.7 Å². The molecule has 2 fully saturated rings. The molecule has 2 amide bonds. The molecule has 0 radical (unpaired) electrons. The predicted molar refractivity (Wildman–Crippen MR) is 113 cm³/mol. The summed E-state index contributed by atoms with van der Waals surface area (Å²) in [5, 5.41) is 5.95. The SMILES string of the molecule is CN1[C@@H](CCC(=O)NCc2ccco2)CNC(=O)[C@@H]2[C@@H]1CCN2Cc1ccc(F)cc1. The number of rotatable bonds is 7. The van der Waals surface area contributed by atoms with Gasteiger partial charge in [0.1, 0.15) is 17.6 Å². The Kier molecular flexibility index (Phi) is 6.67. The second kappa shape index (κ2) is 9.62. The number of carbonyl (C=O) groups is 2. The van der Waals surface area contributed by atoms with Crippen molar-refractivity contribution in [3.05, 3.63) is 59.8 Å². The van der Waals surface area contributed by atoms with Crippen LogP contribution in [0.2, 0.25) is 0 Å². The molecule has 2 N–H and O–H groups in total. The molecule has 0 bridgehead atoms. The van der Waals surface area contributed by atoms with Crippen molar-refractivity contribution < 1.29 is 18.4 Å². The van der Waals surface area contributed by atoms with Gasteiger partial charge in [0.15, 0.2) is 0 Å². The van der Waals surface area contributed by atoms with Crippen LogP contribution in [0.3, 0.4) is 0 Å². The number of fused-ring (bicyclic) bond motifs is 1. The normalized spacial score (nSPS) is 24.5. The lowest BCUT2D eigenvalue weighted by Crippen LogP contribution is -2.49. The van der Waals surface area contributed by atoms with E-state index in [0.717, 1.165) is 24.3 Å². The van der Waals surface area contributed by atoms with E-state index in [9.17, 15) is 14.0 Å². The predicted octanol–water partition coefficient (Wildman–Crippen LogP) is 1.89. The Morgan fingerprint density at radius 1 is 1.29 bits per heavy atom. The Hall–Kier alpha value is -2.71. The summed E-state index contributed by atoms with van der Waals surface area (Å²) in [5.41, 5.74) is 0.992. The summed E-state index contributed by atoms with van der Waals surface area (Å²) in [6, 6.07) is 10.0. The highest BCUT2D eigenvalue weighted by Crippen LogP contribution is 2.28. The summed E-state index contributed by atoms with van der Waals surface area (Å²) < 4.78 is 18.4. The second-order valence-corrected chi connectivity index (χ2v) is 8.36. The molecule has 4 rings (SSSR count). The van der Waals surface area contributed by atoms with Gasteiger partial charge in [-0.2, -0.15) is 0 Å². The highest BCUT2D eigenvalue weighted by molar-refractivity contribution is 5.83. The average Bonchev–Trinajstić information content (AvgIpc) is 3.41. The molecule has 2 saturated heterocycles. The van der Waals surface area contributed by atoms with Crippen LogP contribution in [0, 0.1) is 5.82 Å². The maximum Gasteiger partial charge on any atom is 0.239 e. The Morgan fingerprint density at radius 2 is 2.10 bits per heavy atom. The first-order valence-electron chi connectivity index (χ1n) is 10.8. The first-order valence-corrected chi connectivity index (χ1v) is 10.8. The van der Waals surface area contributed by atoms with Crippen LogP contribution in [-0.2, 0) is 22.7 Å². The Balaban J connectivity index is 1.33. The van der Waals surface area contributed by atoms with E-state index in [1.54, 1.807) is 24.5 Å². The van der Waals surface area contributed by atoms with Gasteiger partial charge in [-0.3, -0.25) is 19.4 Å². The second-order valence-electron chi connectivity index (χ2n) is 8.36. The molecule has 7 nitrogen and oxygen atoms in total.